The summed E-state index contributed by atoms with van der Waals surface area (Å²) in [6.45, 7) is 0. The second kappa shape index (κ2) is 7.52. The Bertz CT molecular complexity index is 879. The van der Waals surface area contributed by atoms with E-state index in [0.717, 1.165) is 23.6 Å². The minimum absolute atomic E-state index is 0.171. The lowest BCUT2D eigenvalue weighted by Crippen LogP contribution is -2.17. The van der Waals surface area contributed by atoms with Crippen LogP contribution in [-0.2, 0) is 0 Å². The minimum atomic E-state index is -0.215. The van der Waals surface area contributed by atoms with Crippen molar-refractivity contribution >= 4 is 23.4 Å². The molecule has 1 aliphatic rings. The number of benzene rings is 1. The molecule has 3 heterocycles. The maximum Gasteiger partial charge on any atom is 0.255 e. The van der Waals surface area contributed by atoms with Gasteiger partial charge in [0.2, 0.25) is 5.88 Å². The molecule has 3 aromatic rings. The lowest BCUT2D eigenvalue weighted by Gasteiger charge is -2.12. The normalized spacial score (nSPS) is 16.4. The molecule has 9 heteroatoms. The number of thioether (sulfide) groups is 1. The summed E-state index contributed by atoms with van der Waals surface area (Å²) >= 11 is 1.87. The van der Waals surface area contributed by atoms with Gasteiger partial charge >= 0.3 is 0 Å². The van der Waals surface area contributed by atoms with Crippen LogP contribution in [0.3, 0.4) is 0 Å². The number of nitrogens with one attached hydrogen (secondary N) is 1. The van der Waals surface area contributed by atoms with Crippen molar-refractivity contribution in [2.75, 3.05) is 16.8 Å². The van der Waals surface area contributed by atoms with E-state index in [1.165, 1.54) is 6.33 Å². The zero-order valence-electron chi connectivity index (χ0n) is 13.8. The van der Waals surface area contributed by atoms with E-state index >= 15 is 0 Å². The molecule has 1 atom stereocenters. The van der Waals surface area contributed by atoms with Gasteiger partial charge in [-0.1, -0.05) is 0 Å². The molecule has 1 saturated heterocycles. The van der Waals surface area contributed by atoms with E-state index < -0.39 is 0 Å². The Morgan fingerprint density at radius 3 is 2.88 bits per heavy atom. The number of carbonyl (C=O) groups is 1. The largest absolute Gasteiger partial charge is 0.473 e. The summed E-state index contributed by atoms with van der Waals surface area (Å²) in [4.78, 5) is 16.7. The van der Waals surface area contributed by atoms with Crippen molar-refractivity contribution in [1.29, 1.82) is 0 Å². The molecule has 0 bridgehead atoms. The number of carbonyl (C=O) groups excluding carboxylic acids is 1. The van der Waals surface area contributed by atoms with Crippen LogP contribution in [0.5, 0.6) is 5.88 Å². The number of amides is 1. The van der Waals surface area contributed by atoms with Gasteiger partial charge in [-0.2, -0.15) is 11.8 Å². The van der Waals surface area contributed by atoms with Crippen molar-refractivity contribution in [3.05, 3.63) is 54.5 Å². The van der Waals surface area contributed by atoms with Gasteiger partial charge in [-0.05, 0) is 52.9 Å². The Kier molecular flexibility index (Phi) is 4.78. The van der Waals surface area contributed by atoms with E-state index in [1.54, 1.807) is 35.1 Å². The third-order valence-corrected chi connectivity index (χ3v) is 5.04. The maximum atomic E-state index is 12.5. The minimum Gasteiger partial charge on any atom is -0.473 e. The highest BCUT2D eigenvalue weighted by atomic mass is 32.2. The maximum absolute atomic E-state index is 12.5. The topological polar surface area (TPSA) is 94.8 Å². The van der Waals surface area contributed by atoms with Crippen LogP contribution in [0.25, 0.3) is 5.69 Å². The first-order valence-corrected chi connectivity index (χ1v) is 9.29. The van der Waals surface area contributed by atoms with Crippen LogP contribution in [0.2, 0.25) is 0 Å². The van der Waals surface area contributed by atoms with Gasteiger partial charge in [0.1, 0.15) is 12.4 Å². The molecule has 8 nitrogen and oxygen atoms in total. The molecule has 0 aliphatic carbocycles. The van der Waals surface area contributed by atoms with Crippen LogP contribution in [0.1, 0.15) is 16.8 Å². The first-order valence-electron chi connectivity index (χ1n) is 8.13. The first-order chi connectivity index (χ1) is 12.8. The second-order valence-corrected chi connectivity index (χ2v) is 6.89. The summed E-state index contributed by atoms with van der Waals surface area (Å²) in [6, 6.07) is 10.6. The van der Waals surface area contributed by atoms with Crippen LogP contribution in [0.4, 0.5) is 5.69 Å². The average Bonchev–Trinajstić information content (AvgIpc) is 3.36. The third kappa shape index (κ3) is 3.83. The number of hydrogen-bond donors (Lipinski definition) is 1. The van der Waals surface area contributed by atoms with Crippen LogP contribution in [0, 0.1) is 0 Å². The van der Waals surface area contributed by atoms with Crippen molar-refractivity contribution in [3.8, 4) is 11.6 Å². The zero-order chi connectivity index (χ0) is 17.8. The lowest BCUT2D eigenvalue weighted by molar-refractivity contribution is 0.102. The molecule has 1 aromatic carbocycles. The second-order valence-electron chi connectivity index (χ2n) is 5.74. The zero-order valence-corrected chi connectivity index (χ0v) is 14.6. The standard InChI is InChI=1S/C17H16N6O2S/c24-17(12-5-7-18-16(9-12)25-15-6-8-26-10-15)20-13-1-3-14(4-2-13)23-11-19-21-22-23/h1-5,7,9,11,15H,6,8,10H2,(H,20,24)/t15-/m0/s1. The van der Waals surface area contributed by atoms with Gasteiger partial charge in [-0.3, -0.25) is 4.79 Å². The van der Waals surface area contributed by atoms with Crippen LogP contribution >= 0.6 is 11.8 Å². The first kappa shape index (κ1) is 16.5. The molecule has 2 aromatic heterocycles. The molecule has 1 aliphatic heterocycles. The Balaban J connectivity index is 1.42. The average molecular weight is 368 g/mol. The van der Waals surface area contributed by atoms with Crippen molar-refractivity contribution in [2.24, 2.45) is 0 Å². The predicted octanol–water partition coefficient (Wildman–Crippen LogP) is 2.19. The molecule has 26 heavy (non-hydrogen) atoms. The predicted molar refractivity (Wildman–Crippen MR) is 97.7 cm³/mol. The van der Waals surface area contributed by atoms with Crippen molar-refractivity contribution < 1.29 is 9.53 Å². The van der Waals surface area contributed by atoms with Crippen LogP contribution < -0.4 is 10.1 Å². The van der Waals surface area contributed by atoms with E-state index in [9.17, 15) is 4.79 Å². The number of rotatable bonds is 5. The van der Waals surface area contributed by atoms with Gasteiger partial charge in [0.15, 0.2) is 0 Å². The fourth-order valence-corrected chi connectivity index (χ4v) is 3.67. The van der Waals surface area contributed by atoms with E-state index in [2.05, 4.69) is 25.8 Å². The van der Waals surface area contributed by atoms with Gasteiger partial charge in [0.05, 0.1) is 5.69 Å². The van der Waals surface area contributed by atoms with Gasteiger partial charge in [-0.25, -0.2) is 9.67 Å². The smallest absolute Gasteiger partial charge is 0.255 e. The Morgan fingerprint density at radius 1 is 1.27 bits per heavy atom. The monoisotopic (exact) mass is 368 g/mol. The molecule has 0 radical (unpaired) electrons. The molecule has 4 rings (SSSR count). The fourth-order valence-electron chi connectivity index (χ4n) is 2.57. The molecular formula is C17H16N6O2S. The van der Waals surface area contributed by atoms with E-state index in [-0.39, 0.29) is 12.0 Å². The summed E-state index contributed by atoms with van der Waals surface area (Å²) in [5, 5.41) is 13.9. The highest BCUT2D eigenvalue weighted by molar-refractivity contribution is 7.99. The van der Waals surface area contributed by atoms with Gasteiger partial charge in [0.25, 0.3) is 5.91 Å². The van der Waals surface area contributed by atoms with Crippen molar-refractivity contribution in [3.63, 3.8) is 0 Å². The van der Waals surface area contributed by atoms with Crippen molar-refractivity contribution in [1.82, 2.24) is 25.2 Å². The molecule has 132 valence electrons. The van der Waals surface area contributed by atoms with Gasteiger partial charge in [0, 0.05) is 29.3 Å². The summed E-state index contributed by atoms with van der Waals surface area (Å²) in [6.07, 6.45) is 4.28. The van der Waals surface area contributed by atoms with E-state index in [1.807, 2.05) is 23.9 Å². The van der Waals surface area contributed by atoms with Crippen LogP contribution in [0.15, 0.2) is 48.9 Å². The lowest BCUT2D eigenvalue weighted by atomic mass is 10.2. The third-order valence-electron chi connectivity index (χ3n) is 3.91. The summed E-state index contributed by atoms with van der Waals surface area (Å²) in [7, 11) is 0. The molecule has 1 fully saturated rings. The number of nitrogens with zero attached hydrogens (tertiary/aromatic N) is 5. The number of anilines is 1. The molecule has 1 N–H and O–H groups in total. The Labute approximate surface area is 154 Å². The van der Waals surface area contributed by atoms with E-state index in [0.29, 0.717) is 17.1 Å². The SMILES string of the molecule is O=C(Nc1ccc(-n2cnnn2)cc1)c1ccnc(O[C@H]2CCSC2)c1. The number of ether oxygens (including phenoxy) is 1. The number of tetrazole rings is 1. The molecule has 0 spiro atoms. The Hall–Kier alpha value is -2.94. The number of hydrogen-bond acceptors (Lipinski definition) is 7. The number of pyridine rings is 1. The molecule has 0 unspecified atom stereocenters. The highest BCUT2D eigenvalue weighted by Gasteiger charge is 2.18. The quantitative estimate of drug-likeness (QED) is 0.737. The van der Waals surface area contributed by atoms with Gasteiger partial charge < -0.3 is 10.1 Å². The summed E-state index contributed by atoms with van der Waals surface area (Å²) in [5.74, 6) is 2.34. The molecular weight excluding hydrogens is 352 g/mol. The molecule has 0 saturated carbocycles. The van der Waals surface area contributed by atoms with Crippen molar-refractivity contribution in [2.45, 2.75) is 12.5 Å². The van der Waals surface area contributed by atoms with Gasteiger partial charge in [-0.15, -0.1) is 5.10 Å². The summed E-state index contributed by atoms with van der Waals surface area (Å²) in [5.41, 5.74) is 1.99. The highest BCUT2D eigenvalue weighted by Crippen LogP contribution is 2.22. The summed E-state index contributed by atoms with van der Waals surface area (Å²) < 4.78 is 7.38. The van der Waals surface area contributed by atoms with E-state index in [4.69, 9.17) is 4.74 Å². The Morgan fingerprint density at radius 2 is 2.15 bits per heavy atom. The molecule has 1 amide bonds. The number of aromatic nitrogens is 5. The van der Waals surface area contributed by atoms with Crippen LogP contribution in [-0.4, -0.2) is 48.7 Å². The fraction of sp³-hybridized carbons (Fsp3) is 0.235.